The highest BCUT2D eigenvalue weighted by atomic mass is 35.5. The van der Waals surface area contributed by atoms with Crippen LogP contribution in [0, 0.1) is 5.92 Å². The van der Waals surface area contributed by atoms with Gasteiger partial charge in [-0.25, -0.2) is 10.3 Å². The van der Waals surface area contributed by atoms with E-state index in [0.717, 1.165) is 29.5 Å². The number of anilines is 1. The van der Waals surface area contributed by atoms with Gasteiger partial charge < -0.3 is 19.0 Å². The molecule has 0 bridgehead atoms. The van der Waals surface area contributed by atoms with Crippen LogP contribution < -0.4 is 10.2 Å². The van der Waals surface area contributed by atoms with Gasteiger partial charge in [0.05, 0.1) is 35.9 Å². The van der Waals surface area contributed by atoms with Gasteiger partial charge in [-0.05, 0) is 61.9 Å². The van der Waals surface area contributed by atoms with Crippen LogP contribution in [0.25, 0.3) is 11.1 Å². The van der Waals surface area contributed by atoms with Crippen LogP contribution in [0.3, 0.4) is 0 Å². The number of carbonyl (C=O) groups excluding carboxylic acids is 1. The van der Waals surface area contributed by atoms with Crippen LogP contribution in [0.4, 0.5) is 5.69 Å². The van der Waals surface area contributed by atoms with Crippen LogP contribution in [0.2, 0.25) is 5.02 Å². The van der Waals surface area contributed by atoms with E-state index < -0.39 is 0 Å². The number of benzene rings is 2. The first-order valence-corrected chi connectivity index (χ1v) is 11.2. The minimum absolute atomic E-state index is 0.127. The van der Waals surface area contributed by atoms with Gasteiger partial charge in [-0.15, -0.1) is 0 Å². The van der Waals surface area contributed by atoms with E-state index in [1.807, 2.05) is 43.3 Å². The largest absolute Gasteiger partial charge is 0.492 e. The molecule has 1 N–H and O–H groups in total. The molecule has 6 nitrogen and oxygen atoms in total. The lowest BCUT2D eigenvalue weighted by molar-refractivity contribution is -0.148. The summed E-state index contributed by atoms with van der Waals surface area (Å²) in [6.07, 6.45) is 3.89. The van der Waals surface area contributed by atoms with Gasteiger partial charge in [0.2, 0.25) is 0 Å². The number of carbonyl (C=O) groups is 1. The fourth-order valence-electron chi connectivity index (χ4n) is 3.59. The second-order valence-corrected chi connectivity index (χ2v) is 8.22. The molecular formula is C24H28ClNO5. The van der Waals surface area contributed by atoms with Gasteiger partial charge in [-0.2, -0.15) is 0 Å². The summed E-state index contributed by atoms with van der Waals surface area (Å²) in [6, 6.07) is 11.5. The molecule has 2 aromatic rings. The first-order chi connectivity index (χ1) is 15.2. The molecular weight excluding hydrogens is 418 g/mol. The zero-order valence-corrected chi connectivity index (χ0v) is 18.5. The Hall–Kier alpha value is -2.28. The van der Waals surface area contributed by atoms with Crippen molar-refractivity contribution in [2.75, 3.05) is 25.3 Å². The second-order valence-electron chi connectivity index (χ2n) is 7.84. The van der Waals surface area contributed by atoms with E-state index >= 15 is 0 Å². The predicted molar refractivity (Wildman–Crippen MR) is 119 cm³/mol. The van der Waals surface area contributed by atoms with Crippen LogP contribution >= 0.6 is 11.6 Å². The molecule has 0 aromatic heterocycles. The lowest BCUT2D eigenvalue weighted by atomic mass is 9.99. The van der Waals surface area contributed by atoms with Gasteiger partial charge in [0.1, 0.15) is 5.75 Å². The summed E-state index contributed by atoms with van der Waals surface area (Å²) >= 11 is 6.64. The molecule has 1 aliphatic heterocycles. The Morgan fingerprint density at radius 2 is 1.94 bits per heavy atom. The number of rotatable bonds is 9. The number of hydrogen-bond acceptors (Lipinski definition) is 6. The zero-order valence-electron chi connectivity index (χ0n) is 17.7. The summed E-state index contributed by atoms with van der Waals surface area (Å²) in [6.45, 7) is 4.12. The number of nitrogens with one attached hydrogen (secondary N) is 1. The highest BCUT2D eigenvalue weighted by molar-refractivity contribution is 6.34. The van der Waals surface area contributed by atoms with Crippen molar-refractivity contribution in [3.05, 3.63) is 47.0 Å². The maximum absolute atomic E-state index is 12.3. The standard InChI is InChI=1S/C24H28ClNO5/c1-2-29-22-5-3-4-21(23(22)25)20-9-6-18(14-17(20)15-30-19-7-8-19)26-31-24(27)16-10-12-28-13-11-16/h3-6,9,14,16,19,26H,2,7-8,10-13,15H2,1H3. The van der Waals surface area contributed by atoms with Crippen LogP contribution in [-0.4, -0.2) is 31.9 Å². The van der Waals surface area contributed by atoms with Crippen molar-refractivity contribution in [1.29, 1.82) is 0 Å². The quantitative estimate of drug-likeness (QED) is 0.522. The van der Waals surface area contributed by atoms with E-state index in [2.05, 4.69) is 5.48 Å². The highest BCUT2D eigenvalue weighted by Gasteiger charge is 2.24. The molecule has 2 fully saturated rings. The van der Waals surface area contributed by atoms with Crippen molar-refractivity contribution in [1.82, 2.24) is 0 Å². The Labute approximate surface area is 187 Å². The highest BCUT2D eigenvalue weighted by Crippen LogP contribution is 2.38. The zero-order chi connectivity index (χ0) is 21.6. The molecule has 2 aliphatic rings. The van der Waals surface area contributed by atoms with Gasteiger partial charge in [0.25, 0.3) is 0 Å². The summed E-state index contributed by atoms with van der Waals surface area (Å²) in [5.74, 6) is 0.275. The molecule has 1 saturated heterocycles. The predicted octanol–water partition coefficient (Wildman–Crippen LogP) is 5.38. The average molecular weight is 446 g/mol. The Morgan fingerprint density at radius 3 is 2.68 bits per heavy atom. The van der Waals surface area contributed by atoms with Crippen LogP contribution in [0.1, 0.15) is 38.2 Å². The van der Waals surface area contributed by atoms with Gasteiger partial charge in [-0.1, -0.05) is 29.8 Å². The van der Waals surface area contributed by atoms with E-state index in [9.17, 15) is 4.79 Å². The fraction of sp³-hybridized carbons (Fsp3) is 0.458. The molecule has 1 heterocycles. The maximum Gasteiger partial charge on any atom is 0.335 e. The summed E-state index contributed by atoms with van der Waals surface area (Å²) in [5, 5.41) is 0.573. The van der Waals surface area contributed by atoms with Gasteiger partial charge in [-0.3, -0.25) is 0 Å². The summed E-state index contributed by atoms with van der Waals surface area (Å²) in [4.78, 5) is 17.7. The van der Waals surface area contributed by atoms with E-state index in [1.165, 1.54) is 0 Å². The smallest absolute Gasteiger partial charge is 0.335 e. The molecule has 4 rings (SSSR count). The molecule has 0 spiro atoms. The molecule has 0 amide bonds. The Bertz CT molecular complexity index is 909. The Morgan fingerprint density at radius 1 is 1.13 bits per heavy atom. The van der Waals surface area contributed by atoms with Crippen LogP contribution in [0.5, 0.6) is 5.75 Å². The minimum Gasteiger partial charge on any atom is -0.492 e. The molecule has 166 valence electrons. The van der Waals surface area contributed by atoms with Gasteiger partial charge in [0, 0.05) is 18.8 Å². The third-order valence-corrected chi connectivity index (χ3v) is 5.87. The third-order valence-electron chi connectivity index (χ3n) is 5.48. The summed E-state index contributed by atoms with van der Waals surface area (Å²) in [5.41, 5.74) is 6.31. The van der Waals surface area contributed by atoms with Crippen molar-refractivity contribution in [2.24, 2.45) is 5.92 Å². The van der Waals surface area contributed by atoms with Crippen LogP contribution in [-0.2, 0) is 25.7 Å². The third kappa shape index (κ3) is 5.70. The van der Waals surface area contributed by atoms with Crippen molar-refractivity contribution in [2.45, 2.75) is 45.3 Å². The SMILES string of the molecule is CCOc1cccc(-c2ccc(NOC(=O)C3CCOCC3)cc2COC2CC2)c1Cl. The molecule has 1 saturated carbocycles. The fourth-order valence-corrected chi connectivity index (χ4v) is 3.88. The summed E-state index contributed by atoms with van der Waals surface area (Å²) in [7, 11) is 0. The molecule has 0 radical (unpaired) electrons. The van der Waals surface area contributed by atoms with Crippen molar-refractivity contribution in [3.63, 3.8) is 0 Å². The number of halogens is 1. The average Bonchev–Trinajstić information content (AvgIpc) is 3.63. The molecule has 31 heavy (non-hydrogen) atoms. The first-order valence-electron chi connectivity index (χ1n) is 10.9. The van der Waals surface area contributed by atoms with Crippen molar-refractivity contribution >= 4 is 23.3 Å². The van der Waals surface area contributed by atoms with E-state index in [1.54, 1.807) is 0 Å². The molecule has 0 atom stereocenters. The first kappa shape index (κ1) is 21.9. The summed E-state index contributed by atoms with van der Waals surface area (Å²) < 4.78 is 16.9. The molecule has 1 aliphatic carbocycles. The van der Waals surface area contributed by atoms with Gasteiger partial charge >= 0.3 is 5.97 Å². The van der Waals surface area contributed by atoms with E-state index in [4.69, 9.17) is 30.6 Å². The molecule has 0 unspecified atom stereocenters. The Balaban J connectivity index is 1.53. The normalized spacial score (nSPS) is 16.7. The number of ether oxygens (including phenoxy) is 3. The second kappa shape index (κ2) is 10.4. The minimum atomic E-state index is -0.254. The molecule has 7 heteroatoms. The monoisotopic (exact) mass is 445 g/mol. The molecule has 2 aromatic carbocycles. The van der Waals surface area contributed by atoms with E-state index in [-0.39, 0.29) is 11.9 Å². The lowest BCUT2D eigenvalue weighted by Gasteiger charge is -2.20. The maximum atomic E-state index is 12.3. The van der Waals surface area contributed by atoms with Gasteiger partial charge in [0.15, 0.2) is 0 Å². The van der Waals surface area contributed by atoms with E-state index in [0.29, 0.717) is 61.8 Å². The lowest BCUT2D eigenvalue weighted by Crippen LogP contribution is -2.26. The topological polar surface area (TPSA) is 66.0 Å². The van der Waals surface area contributed by atoms with Crippen molar-refractivity contribution < 1.29 is 23.8 Å². The number of hydrogen-bond donors (Lipinski definition) is 1. The van der Waals surface area contributed by atoms with Crippen molar-refractivity contribution in [3.8, 4) is 16.9 Å². The Kier molecular flexibility index (Phi) is 7.33. The van der Waals surface area contributed by atoms with Crippen LogP contribution in [0.15, 0.2) is 36.4 Å².